The molecule has 2 heterocycles. The van der Waals surface area contributed by atoms with Crippen molar-refractivity contribution in [1.29, 1.82) is 0 Å². The molecule has 0 saturated heterocycles. The molecule has 2 aromatic heterocycles. The summed E-state index contributed by atoms with van der Waals surface area (Å²) in [5.74, 6) is -0.839. The van der Waals surface area contributed by atoms with Crippen LogP contribution in [0.1, 0.15) is 17.3 Å². The highest BCUT2D eigenvalue weighted by atomic mass is 19.1. The Kier molecular flexibility index (Phi) is 4.69. The average Bonchev–Trinajstić information content (AvgIpc) is 2.92. The third-order valence-corrected chi connectivity index (χ3v) is 3.65. The molecule has 1 amide bonds. The van der Waals surface area contributed by atoms with Gasteiger partial charge in [-0.25, -0.2) is 13.9 Å². The quantitative estimate of drug-likeness (QED) is 0.751. The van der Waals surface area contributed by atoms with Crippen molar-refractivity contribution in [3.63, 3.8) is 0 Å². The predicted molar refractivity (Wildman–Crippen MR) is 88.1 cm³/mol. The Morgan fingerprint density at radius 1 is 1.28 bits per heavy atom. The zero-order valence-electron chi connectivity index (χ0n) is 13.5. The van der Waals surface area contributed by atoms with Crippen molar-refractivity contribution in [3.05, 3.63) is 82.5 Å². The smallest absolute Gasteiger partial charge is 0.342 e. The summed E-state index contributed by atoms with van der Waals surface area (Å²) >= 11 is 0. The van der Waals surface area contributed by atoms with Crippen LogP contribution in [0.25, 0.3) is 0 Å². The number of hydrogen-bond acceptors (Lipinski definition) is 4. The summed E-state index contributed by atoms with van der Waals surface area (Å²) in [6.07, 6.45) is 2.93. The molecule has 0 unspecified atom stereocenters. The Labute approximate surface area is 142 Å². The molecule has 0 radical (unpaired) electrons. The van der Waals surface area contributed by atoms with Gasteiger partial charge in [0.25, 0.3) is 0 Å². The SMILES string of the molecule is Cn1cnn(CC(=O)N[C@@H](c2cccc(F)c2)c2ccccn2)c1=O. The third kappa shape index (κ3) is 3.79. The summed E-state index contributed by atoms with van der Waals surface area (Å²) < 4.78 is 15.9. The molecule has 3 rings (SSSR count). The molecule has 128 valence electrons. The summed E-state index contributed by atoms with van der Waals surface area (Å²) in [5, 5.41) is 6.64. The topological polar surface area (TPSA) is 81.8 Å². The van der Waals surface area contributed by atoms with E-state index in [9.17, 15) is 14.0 Å². The van der Waals surface area contributed by atoms with E-state index in [1.54, 1.807) is 43.6 Å². The molecule has 0 bridgehead atoms. The number of carbonyl (C=O) groups excluding carboxylic acids is 1. The number of nitrogens with zero attached hydrogens (tertiary/aromatic N) is 4. The summed E-state index contributed by atoms with van der Waals surface area (Å²) in [7, 11) is 1.55. The molecule has 1 N–H and O–H groups in total. The fourth-order valence-electron chi connectivity index (χ4n) is 2.43. The molecule has 0 aliphatic rings. The molecule has 0 saturated carbocycles. The van der Waals surface area contributed by atoms with Crippen molar-refractivity contribution in [2.24, 2.45) is 7.05 Å². The predicted octanol–water partition coefficient (Wildman–Crippen LogP) is 1.02. The minimum absolute atomic E-state index is 0.238. The van der Waals surface area contributed by atoms with Crippen molar-refractivity contribution in [2.45, 2.75) is 12.6 Å². The molecule has 8 heteroatoms. The van der Waals surface area contributed by atoms with E-state index in [4.69, 9.17) is 0 Å². The van der Waals surface area contributed by atoms with Crippen LogP contribution in [0.15, 0.2) is 59.8 Å². The van der Waals surface area contributed by atoms with Gasteiger partial charge in [0, 0.05) is 13.2 Å². The number of halogens is 1. The van der Waals surface area contributed by atoms with E-state index in [1.165, 1.54) is 23.0 Å². The molecular formula is C17H16FN5O2. The molecule has 0 aliphatic carbocycles. The van der Waals surface area contributed by atoms with Crippen LogP contribution < -0.4 is 11.0 Å². The largest absolute Gasteiger partial charge is 0.345 e. The van der Waals surface area contributed by atoms with Crippen molar-refractivity contribution in [1.82, 2.24) is 24.6 Å². The summed E-state index contributed by atoms with van der Waals surface area (Å²) in [6, 6.07) is 10.6. The fraction of sp³-hybridized carbons (Fsp3) is 0.176. The van der Waals surface area contributed by atoms with Crippen LogP contribution in [-0.4, -0.2) is 25.2 Å². The van der Waals surface area contributed by atoms with Gasteiger partial charge in [0.2, 0.25) is 5.91 Å². The molecule has 25 heavy (non-hydrogen) atoms. The lowest BCUT2D eigenvalue weighted by Gasteiger charge is -2.19. The standard InChI is InChI=1S/C17H16FN5O2/c1-22-11-20-23(17(22)25)10-15(24)21-16(14-7-2-3-8-19-14)12-5-4-6-13(18)9-12/h2-9,11,16H,10H2,1H3,(H,21,24)/t16-/m0/s1. The first-order valence-electron chi connectivity index (χ1n) is 7.59. The summed E-state index contributed by atoms with van der Waals surface area (Å²) in [5.41, 5.74) is 0.727. The number of aromatic nitrogens is 4. The highest BCUT2D eigenvalue weighted by Gasteiger charge is 2.19. The van der Waals surface area contributed by atoms with Crippen LogP contribution in [0.4, 0.5) is 4.39 Å². The lowest BCUT2D eigenvalue weighted by molar-refractivity contribution is -0.122. The summed E-state index contributed by atoms with van der Waals surface area (Å²) in [4.78, 5) is 28.4. The van der Waals surface area contributed by atoms with Gasteiger partial charge in [-0.1, -0.05) is 18.2 Å². The minimum atomic E-state index is -0.635. The highest BCUT2D eigenvalue weighted by Crippen LogP contribution is 2.20. The minimum Gasteiger partial charge on any atom is -0.342 e. The Hall–Kier alpha value is -3.29. The van der Waals surface area contributed by atoms with Gasteiger partial charge in [-0.15, -0.1) is 0 Å². The third-order valence-electron chi connectivity index (χ3n) is 3.65. The number of pyridine rings is 1. The van der Waals surface area contributed by atoms with Crippen molar-refractivity contribution in [2.75, 3.05) is 0 Å². The van der Waals surface area contributed by atoms with Crippen LogP contribution >= 0.6 is 0 Å². The first kappa shape index (κ1) is 16.6. The molecule has 7 nitrogen and oxygen atoms in total. The van der Waals surface area contributed by atoms with E-state index in [-0.39, 0.29) is 6.54 Å². The maximum absolute atomic E-state index is 13.6. The fourth-order valence-corrected chi connectivity index (χ4v) is 2.43. The molecular weight excluding hydrogens is 325 g/mol. The van der Waals surface area contributed by atoms with Crippen LogP contribution in [0.5, 0.6) is 0 Å². The second kappa shape index (κ2) is 7.08. The Morgan fingerprint density at radius 3 is 2.76 bits per heavy atom. The van der Waals surface area contributed by atoms with Crippen molar-refractivity contribution < 1.29 is 9.18 Å². The Bertz CT molecular complexity index is 935. The number of benzene rings is 1. The van der Waals surface area contributed by atoms with Crippen LogP contribution in [-0.2, 0) is 18.4 Å². The zero-order valence-corrected chi connectivity index (χ0v) is 13.5. The lowest BCUT2D eigenvalue weighted by Crippen LogP contribution is -2.36. The molecule has 1 aromatic carbocycles. The van der Waals surface area contributed by atoms with Crippen molar-refractivity contribution >= 4 is 5.91 Å². The second-order valence-electron chi connectivity index (χ2n) is 5.49. The van der Waals surface area contributed by atoms with E-state index >= 15 is 0 Å². The van der Waals surface area contributed by atoms with Gasteiger partial charge in [0.15, 0.2) is 0 Å². The van der Waals surface area contributed by atoms with Crippen molar-refractivity contribution in [3.8, 4) is 0 Å². The van der Waals surface area contributed by atoms with E-state index in [2.05, 4.69) is 15.4 Å². The van der Waals surface area contributed by atoms with E-state index in [1.807, 2.05) is 0 Å². The maximum Gasteiger partial charge on any atom is 0.345 e. The lowest BCUT2D eigenvalue weighted by atomic mass is 10.0. The van der Waals surface area contributed by atoms with Crippen LogP contribution in [0.3, 0.4) is 0 Å². The van der Waals surface area contributed by atoms with Gasteiger partial charge in [-0.05, 0) is 29.8 Å². The van der Waals surface area contributed by atoms with Gasteiger partial charge in [0.05, 0.1) is 11.7 Å². The number of hydrogen-bond donors (Lipinski definition) is 1. The highest BCUT2D eigenvalue weighted by molar-refractivity contribution is 5.76. The van der Waals surface area contributed by atoms with E-state index in [0.717, 1.165) is 4.68 Å². The molecule has 0 aliphatic heterocycles. The first-order chi connectivity index (χ1) is 12.0. The molecule has 0 fully saturated rings. The normalized spacial score (nSPS) is 11.9. The second-order valence-corrected chi connectivity index (χ2v) is 5.49. The van der Waals surface area contributed by atoms with Crippen LogP contribution in [0.2, 0.25) is 0 Å². The number of amides is 1. The molecule has 1 atom stereocenters. The van der Waals surface area contributed by atoms with Gasteiger partial charge >= 0.3 is 5.69 Å². The first-order valence-corrected chi connectivity index (χ1v) is 7.59. The number of aryl methyl sites for hydroxylation is 1. The number of nitrogens with one attached hydrogen (secondary N) is 1. The maximum atomic E-state index is 13.6. The number of carbonyl (C=O) groups is 1. The molecule has 0 spiro atoms. The Morgan fingerprint density at radius 2 is 2.12 bits per heavy atom. The summed E-state index contributed by atoms with van der Waals surface area (Å²) in [6.45, 7) is -0.238. The zero-order chi connectivity index (χ0) is 17.8. The average molecular weight is 341 g/mol. The van der Waals surface area contributed by atoms with Gasteiger partial charge < -0.3 is 5.32 Å². The van der Waals surface area contributed by atoms with Gasteiger partial charge in [-0.3, -0.25) is 14.3 Å². The van der Waals surface area contributed by atoms with Gasteiger partial charge in [-0.2, -0.15) is 5.10 Å². The van der Waals surface area contributed by atoms with E-state index in [0.29, 0.717) is 11.3 Å². The number of rotatable bonds is 5. The molecule has 3 aromatic rings. The van der Waals surface area contributed by atoms with Crippen LogP contribution in [0, 0.1) is 5.82 Å². The van der Waals surface area contributed by atoms with E-state index < -0.39 is 23.5 Å². The monoisotopic (exact) mass is 341 g/mol. The van der Waals surface area contributed by atoms with Gasteiger partial charge in [0.1, 0.15) is 18.7 Å². The Balaban J connectivity index is 1.86.